The molecule has 2 rings (SSSR count). The van der Waals surface area contributed by atoms with Crippen molar-refractivity contribution in [2.75, 3.05) is 19.6 Å². The minimum absolute atomic E-state index is 0.720. The van der Waals surface area contributed by atoms with Crippen molar-refractivity contribution in [3.05, 3.63) is 34.4 Å². The summed E-state index contributed by atoms with van der Waals surface area (Å²) in [6.45, 7) is 10.1. The van der Waals surface area contributed by atoms with Crippen molar-refractivity contribution in [1.29, 1.82) is 0 Å². The van der Waals surface area contributed by atoms with Crippen LogP contribution in [0.2, 0.25) is 0 Å². The zero-order chi connectivity index (χ0) is 13.0. The van der Waals surface area contributed by atoms with E-state index in [1.165, 1.54) is 48.2 Å². The summed E-state index contributed by atoms with van der Waals surface area (Å²) >= 11 is 0. The quantitative estimate of drug-likeness (QED) is 0.853. The van der Waals surface area contributed by atoms with Gasteiger partial charge in [-0.2, -0.15) is 0 Å². The number of hydrogen-bond donors (Lipinski definition) is 2. The number of nitrogens with one attached hydrogen (secondary N) is 2. The van der Waals surface area contributed by atoms with Gasteiger partial charge in [0.2, 0.25) is 0 Å². The second-order valence-electron chi connectivity index (χ2n) is 5.52. The minimum Gasteiger partial charge on any atom is -0.317 e. The van der Waals surface area contributed by atoms with E-state index in [1.807, 2.05) is 0 Å². The van der Waals surface area contributed by atoms with E-state index < -0.39 is 0 Å². The molecule has 100 valence electrons. The molecule has 0 atom stereocenters. The van der Waals surface area contributed by atoms with Crippen LogP contribution in [0.1, 0.15) is 35.1 Å². The van der Waals surface area contributed by atoms with Gasteiger partial charge in [0.25, 0.3) is 0 Å². The highest BCUT2D eigenvalue weighted by Crippen LogP contribution is 2.17. The van der Waals surface area contributed by atoms with Crippen molar-refractivity contribution in [1.82, 2.24) is 10.6 Å². The first-order chi connectivity index (χ1) is 8.68. The van der Waals surface area contributed by atoms with Gasteiger partial charge in [-0.3, -0.25) is 0 Å². The second kappa shape index (κ2) is 6.35. The summed E-state index contributed by atoms with van der Waals surface area (Å²) in [7, 11) is 0. The largest absolute Gasteiger partial charge is 0.317 e. The lowest BCUT2D eigenvalue weighted by Crippen LogP contribution is -2.40. The predicted molar refractivity (Wildman–Crippen MR) is 78.3 cm³/mol. The van der Waals surface area contributed by atoms with Crippen molar-refractivity contribution < 1.29 is 0 Å². The molecule has 2 nitrogen and oxygen atoms in total. The second-order valence-corrected chi connectivity index (χ2v) is 5.52. The molecule has 0 aliphatic carbocycles. The molecule has 0 aromatic heterocycles. The number of hydrogen-bond acceptors (Lipinski definition) is 2. The molecule has 0 unspecified atom stereocenters. The fourth-order valence-electron chi connectivity index (χ4n) is 2.72. The van der Waals surface area contributed by atoms with Crippen molar-refractivity contribution in [3.8, 4) is 0 Å². The third kappa shape index (κ3) is 3.33. The summed E-state index contributed by atoms with van der Waals surface area (Å²) in [5.74, 6) is 0. The summed E-state index contributed by atoms with van der Waals surface area (Å²) in [4.78, 5) is 0. The highest BCUT2D eigenvalue weighted by atomic mass is 15.0. The predicted octanol–water partition coefficient (Wildman–Crippen LogP) is 2.50. The Morgan fingerprint density at radius 1 is 1.11 bits per heavy atom. The molecular weight excluding hydrogens is 220 g/mol. The van der Waals surface area contributed by atoms with E-state index in [-0.39, 0.29) is 0 Å². The molecule has 2 N–H and O–H groups in total. The van der Waals surface area contributed by atoms with Crippen molar-refractivity contribution in [3.63, 3.8) is 0 Å². The van der Waals surface area contributed by atoms with Crippen molar-refractivity contribution >= 4 is 0 Å². The van der Waals surface area contributed by atoms with E-state index in [0.29, 0.717) is 0 Å². The van der Waals surface area contributed by atoms with Gasteiger partial charge in [0.15, 0.2) is 0 Å². The van der Waals surface area contributed by atoms with Gasteiger partial charge in [-0.15, -0.1) is 0 Å². The van der Waals surface area contributed by atoms with Gasteiger partial charge in [0.1, 0.15) is 0 Å². The van der Waals surface area contributed by atoms with E-state index in [4.69, 9.17) is 0 Å². The Labute approximate surface area is 111 Å². The van der Waals surface area contributed by atoms with E-state index in [9.17, 15) is 0 Å². The first-order valence-corrected chi connectivity index (χ1v) is 7.18. The Hall–Kier alpha value is -0.860. The van der Waals surface area contributed by atoms with Crippen LogP contribution in [0.4, 0.5) is 0 Å². The van der Waals surface area contributed by atoms with Gasteiger partial charge < -0.3 is 10.6 Å². The van der Waals surface area contributed by atoms with Crippen molar-refractivity contribution in [2.24, 2.45) is 0 Å². The monoisotopic (exact) mass is 246 g/mol. The lowest BCUT2D eigenvalue weighted by molar-refractivity contribution is 0.389. The van der Waals surface area contributed by atoms with Gasteiger partial charge in [0.05, 0.1) is 0 Å². The summed E-state index contributed by atoms with van der Waals surface area (Å²) < 4.78 is 0. The Bertz CT molecular complexity index is 392. The van der Waals surface area contributed by atoms with Gasteiger partial charge in [-0.1, -0.05) is 12.1 Å². The molecule has 1 aliphatic heterocycles. The molecule has 1 aliphatic rings. The SMILES string of the molecule is Cc1ccc(CCNC2CCNCC2)c(C)c1C. The molecule has 1 fully saturated rings. The maximum Gasteiger partial charge on any atom is 0.00913 e. The van der Waals surface area contributed by atoms with Crippen molar-refractivity contribution in [2.45, 2.75) is 46.1 Å². The van der Waals surface area contributed by atoms with E-state index in [1.54, 1.807) is 0 Å². The smallest absolute Gasteiger partial charge is 0.00913 e. The maximum atomic E-state index is 3.69. The number of rotatable bonds is 4. The third-order valence-electron chi connectivity index (χ3n) is 4.34. The average Bonchev–Trinajstić information content (AvgIpc) is 2.40. The lowest BCUT2D eigenvalue weighted by atomic mass is 9.97. The molecule has 0 radical (unpaired) electrons. The molecule has 1 saturated heterocycles. The average molecular weight is 246 g/mol. The van der Waals surface area contributed by atoms with Gasteiger partial charge in [-0.25, -0.2) is 0 Å². The van der Waals surface area contributed by atoms with Crippen LogP contribution in [0.25, 0.3) is 0 Å². The molecule has 1 aromatic rings. The topological polar surface area (TPSA) is 24.1 Å². The Morgan fingerprint density at radius 3 is 2.56 bits per heavy atom. The fourth-order valence-corrected chi connectivity index (χ4v) is 2.72. The third-order valence-corrected chi connectivity index (χ3v) is 4.34. The lowest BCUT2D eigenvalue weighted by Gasteiger charge is -2.24. The van der Waals surface area contributed by atoms with Gasteiger partial charge in [0, 0.05) is 6.04 Å². The van der Waals surface area contributed by atoms with Gasteiger partial charge in [-0.05, 0) is 81.9 Å². The fraction of sp³-hybridized carbons (Fsp3) is 0.625. The van der Waals surface area contributed by atoms with Crippen LogP contribution in [0.5, 0.6) is 0 Å². The van der Waals surface area contributed by atoms with Crippen LogP contribution in [0, 0.1) is 20.8 Å². The zero-order valence-corrected chi connectivity index (χ0v) is 12.0. The summed E-state index contributed by atoms with van der Waals surface area (Å²) in [6.07, 6.45) is 3.69. The standard InChI is InChI=1S/C16H26N2/c1-12-4-5-15(14(3)13(12)2)6-11-18-16-7-9-17-10-8-16/h4-5,16-18H,6-11H2,1-3H3. The van der Waals surface area contributed by atoms with E-state index >= 15 is 0 Å². The molecular formula is C16H26N2. The molecule has 2 heteroatoms. The Morgan fingerprint density at radius 2 is 1.83 bits per heavy atom. The Kier molecular flexibility index (Phi) is 4.79. The molecule has 1 aromatic carbocycles. The minimum atomic E-state index is 0.720. The molecule has 0 bridgehead atoms. The number of piperidine rings is 1. The van der Waals surface area contributed by atoms with Crippen LogP contribution in [-0.2, 0) is 6.42 Å². The first kappa shape index (κ1) is 13.6. The molecule has 0 saturated carbocycles. The Balaban J connectivity index is 1.84. The molecule has 1 heterocycles. The number of benzene rings is 1. The summed E-state index contributed by atoms with van der Waals surface area (Å²) in [5.41, 5.74) is 5.83. The van der Waals surface area contributed by atoms with Crippen LogP contribution >= 0.6 is 0 Å². The zero-order valence-electron chi connectivity index (χ0n) is 12.0. The highest BCUT2D eigenvalue weighted by molar-refractivity contribution is 5.38. The summed E-state index contributed by atoms with van der Waals surface area (Å²) in [5, 5.41) is 7.10. The molecule has 0 spiro atoms. The molecule has 18 heavy (non-hydrogen) atoms. The van der Waals surface area contributed by atoms with Crippen LogP contribution < -0.4 is 10.6 Å². The van der Waals surface area contributed by atoms with Gasteiger partial charge >= 0.3 is 0 Å². The van der Waals surface area contributed by atoms with E-state index in [2.05, 4.69) is 43.5 Å². The normalized spacial score (nSPS) is 17.1. The summed E-state index contributed by atoms with van der Waals surface area (Å²) in [6, 6.07) is 5.27. The van der Waals surface area contributed by atoms with Crippen LogP contribution in [0.15, 0.2) is 12.1 Å². The first-order valence-electron chi connectivity index (χ1n) is 7.18. The molecule has 0 amide bonds. The highest BCUT2D eigenvalue weighted by Gasteiger charge is 2.11. The number of aryl methyl sites for hydroxylation is 1. The van der Waals surface area contributed by atoms with Crippen LogP contribution in [-0.4, -0.2) is 25.7 Å². The maximum absolute atomic E-state index is 3.69. The van der Waals surface area contributed by atoms with Crippen LogP contribution in [0.3, 0.4) is 0 Å². The van der Waals surface area contributed by atoms with E-state index in [0.717, 1.165) is 19.0 Å².